The Kier molecular flexibility index (Phi) is 6.84. The summed E-state index contributed by atoms with van der Waals surface area (Å²) in [4.78, 5) is 3.74. The van der Waals surface area contributed by atoms with Crippen molar-refractivity contribution in [3.8, 4) is 0 Å². The molecular weight excluding hydrogens is 140 g/mol. The fourth-order valence-corrected chi connectivity index (χ4v) is 0.471. The molecule has 1 aromatic heterocycles. The van der Waals surface area contributed by atoms with Crippen molar-refractivity contribution in [2.75, 3.05) is 0 Å². The van der Waals surface area contributed by atoms with E-state index in [0.717, 1.165) is 0 Å². The van der Waals surface area contributed by atoms with Gasteiger partial charge in [0.2, 0.25) is 0 Å². The molecular formula is C5H9ClN2O. The lowest BCUT2D eigenvalue weighted by Crippen LogP contribution is -1.65. The Hall–Kier alpha value is -0.640. The van der Waals surface area contributed by atoms with Crippen LogP contribution >= 0.6 is 11.6 Å². The molecule has 0 amide bonds. The second-order valence-electron chi connectivity index (χ2n) is 1.15. The molecule has 1 heterocycles. The first-order valence-electron chi connectivity index (χ1n) is 1.96. The average molecular weight is 149 g/mol. The summed E-state index contributed by atoms with van der Waals surface area (Å²) in [7, 11) is 0. The predicted molar refractivity (Wildman–Crippen MR) is 37.9 cm³/mol. The van der Waals surface area contributed by atoms with Gasteiger partial charge in [0.25, 0.3) is 0 Å². The largest absolute Gasteiger partial charge is 0.412 e. The summed E-state index contributed by atoms with van der Waals surface area (Å²) in [5, 5.41) is 0.544. The van der Waals surface area contributed by atoms with Gasteiger partial charge in [0.05, 0.1) is 0 Å². The number of aromatic nitrogens is 1. The molecule has 0 atom stereocenters. The lowest BCUT2D eigenvalue weighted by Gasteiger charge is -1.79. The minimum Gasteiger partial charge on any atom is -0.412 e. The van der Waals surface area contributed by atoms with Crippen molar-refractivity contribution < 1.29 is 5.48 Å². The SMILES string of the molecule is Clc1ccccn1.N.O. The molecule has 0 spiro atoms. The summed E-state index contributed by atoms with van der Waals surface area (Å²) in [6.07, 6.45) is 1.66. The topological polar surface area (TPSA) is 79.4 Å². The quantitative estimate of drug-likeness (QED) is 0.559. The van der Waals surface area contributed by atoms with E-state index in [1.807, 2.05) is 12.1 Å². The van der Waals surface area contributed by atoms with Crippen LogP contribution in [0.3, 0.4) is 0 Å². The van der Waals surface area contributed by atoms with Gasteiger partial charge in [-0.05, 0) is 12.1 Å². The first kappa shape index (κ1) is 11.2. The number of rotatable bonds is 0. The van der Waals surface area contributed by atoms with Crippen molar-refractivity contribution in [1.29, 1.82) is 0 Å². The van der Waals surface area contributed by atoms with Gasteiger partial charge in [0, 0.05) is 6.20 Å². The smallest absolute Gasteiger partial charge is 0.129 e. The molecule has 0 saturated carbocycles. The Balaban J connectivity index is 0. The Morgan fingerprint density at radius 3 is 2.22 bits per heavy atom. The van der Waals surface area contributed by atoms with Crippen LogP contribution in [0.1, 0.15) is 0 Å². The number of pyridine rings is 1. The zero-order chi connectivity index (χ0) is 5.11. The second-order valence-corrected chi connectivity index (χ2v) is 1.54. The fraction of sp³-hybridized carbons (Fsp3) is 0. The standard InChI is InChI=1S/C5H4ClN.H3N.H2O/c6-5-3-1-2-4-7-5;;/h1-4H;1H3;1H2. The molecule has 0 saturated heterocycles. The molecule has 0 aromatic carbocycles. The normalized spacial score (nSPS) is 6.78. The molecule has 9 heavy (non-hydrogen) atoms. The number of hydrogen-bond donors (Lipinski definition) is 1. The summed E-state index contributed by atoms with van der Waals surface area (Å²) in [5.41, 5.74) is 0. The van der Waals surface area contributed by atoms with Crippen LogP contribution < -0.4 is 6.15 Å². The van der Waals surface area contributed by atoms with E-state index in [1.165, 1.54) is 0 Å². The van der Waals surface area contributed by atoms with Gasteiger partial charge in [-0.25, -0.2) is 4.98 Å². The zero-order valence-electron chi connectivity index (χ0n) is 4.84. The van der Waals surface area contributed by atoms with Gasteiger partial charge >= 0.3 is 0 Å². The Labute approximate surface area is 58.6 Å². The van der Waals surface area contributed by atoms with Gasteiger partial charge in [0.1, 0.15) is 5.15 Å². The van der Waals surface area contributed by atoms with Crippen LogP contribution in [0.15, 0.2) is 24.4 Å². The first-order chi connectivity index (χ1) is 3.39. The minimum atomic E-state index is 0. The van der Waals surface area contributed by atoms with E-state index >= 15 is 0 Å². The molecule has 0 bridgehead atoms. The van der Waals surface area contributed by atoms with Crippen LogP contribution in [-0.4, -0.2) is 10.5 Å². The summed E-state index contributed by atoms with van der Waals surface area (Å²) >= 11 is 5.43. The van der Waals surface area contributed by atoms with Crippen LogP contribution in [0.5, 0.6) is 0 Å². The maximum atomic E-state index is 5.43. The van der Waals surface area contributed by atoms with E-state index in [-0.39, 0.29) is 11.6 Å². The van der Waals surface area contributed by atoms with Crippen LogP contribution in [0, 0.1) is 0 Å². The molecule has 3 nitrogen and oxygen atoms in total. The summed E-state index contributed by atoms with van der Waals surface area (Å²) in [6.45, 7) is 0. The molecule has 4 heteroatoms. The van der Waals surface area contributed by atoms with Crippen LogP contribution in [-0.2, 0) is 0 Å². The molecule has 0 fully saturated rings. The maximum Gasteiger partial charge on any atom is 0.129 e. The van der Waals surface area contributed by atoms with Gasteiger partial charge in [-0.2, -0.15) is 0 Å². The molecule has 5 N–H and O–H groups in total. The van der Waals surface area contributed by atoms with Crippen molar-refractivity contribution in [3.05, 3.63) is 29.5 Å². The summed E-state index contributed by atoms with van der Waals surface area (Å²) < 4.78 is 0. The lowest BCUT2D eigenvalue weighted by atomic mass is 10.5. The van der Waals surface area contributed by atoms with Crippen molar-refractivity contribution in [1.82, 2.24) is 11.1 Å². The van der Waals surface area contributed by atoms with Gasteiger partial charge in [-0.1, -0.05) is 17.7 Å². The molecule has 1 aromatic rings. The lowest BCUT2D eigenvalue weighted by molar-refractivity contribution is 0.824. The van der Waals surface area contributed by atoms with E-state index < -0.39 is 0 Å². The van der Waals surface area contributed by atoms with Crippen LogP contribution in [0.2, 0.25) is 5.15 Å². The Bertz CT molecular complexity index is 145. The highest BCUT2D eigenvalue weighted by Gasteiger charge is 1.76. The van der Waals surface area contributed by atoms with E-state index in [0.29, 0.717) is 5.15 Å². The third-order valence-corrected chi connectivity index (χ3v) is 0.852. The Morgan fingerprint density at radius 2 is 2.00 bits per heavy atom. The number of halogens is 1. The highest BCUT2D eigenvalue weighted by atomic mass is 35.5. The zero-order valence-corrected chi connectivity index (χ0v) is 5.60. The highest BCUT2D eigenvalue weighted by Crippen LogP contribution is 1.98. The third kappa shape index (κ3) is 3.90. The van der Waals surface area contributed by atoms with E-state index in [2.05, 4.69) is 4.98 Å². The van der Waals surface area contributed by atoms with Gasteiger partial charge in [-0.15, -0.1) is 0 Å². The minimum absolute atomic E-state index is 0. The van der Waals surface area contributed by atoms with Crippen molar-refractivity contribution in [2.45, 2.75) is 0 Å². The van der Waals surface area contributed by atoms with Gasteiger partial charge in [0.15, 0.2) is 0 Å². The van der Waals surface area contributed by atoms with E-state index in [9.17, 15) is 0 Å². The van der Waals surface area contributed by atoms with Gasteiger partial charge in [-0.3, -0.25) is 0 Å². The van der Waals surface area contributed by atoms with Crippen molar-refractivity contribution in [3.63, 3.8) is 0 Å². The molecule has 1 rings (SSSR count). The number of hydrogen-bond acceptors (Lipinski definition) is 2. The van der Waals surface area contributed by atoms with Crippen LogP contribution in [0.25, 0.3) is 0 Å². The molecule has 0 aliphatic carbocycles. The van der Waals surface area contributed by atoms with Crippen molar-refractivity contribution >= 4 is 11.6 Å². The summed E-state index contributed by atoms with van der Waals surface area (Å²) in [5.74, 6) is 0. The molecule has 52 valence electrons. The second kappa shape index (κ2) is 5.50. The molecule has 0 aliphatic heterocycles. The monoisotopic (exact) mass is 148 g/mol. The molecule has 0 aliphatic rings. The Morgan fingerprint density at radius 1 is 1.33 bits per heavy atom. The fourth-order valence-electron chi connectivity index (χ4n) is 0.342. The first-order valence-corrected chi connectivity index (χ1v) is 2.34. The van der Waals surface area contributed by atoms with Crippen LogP contribution in [0.4, 0.5) is 0 Å². The van der Waals surface area contributed by atoms with Crippen molar-refractivity contribution in [2.24, 2.45) is 0 Å². The predicted octanol–water partition coefficient (Wildman–Crippen LogP) is 1.07. The highest BCUT2D eigenvalue weighted by molar-refractivity contribution is 6.29. The summed E-state index contributed by atoms with van der Waals surface area (Å²) in [6, 6.07) is 5.41. The van der Waals surface area contributed by atoms with E-state index in [1.54, 1.807) is 12.3 Å². The molecule has 0 unspecified atom stereocenters. The average Bonchev–Trinajstić information content (AvgIpc) is 1.69. The van der Waals surface area contributed by atoms with E-state index in [4.69, 9.17) is 11.6 Å². The third-order valence-electron chi connectivity index (χ3n) is 0.629. The number of nitrogens with zero attached hydrogens (tertiary/aromatic N) is 1. The molecule has 0 radical (unpaired) electrons. The van der Waals surface area contributed by atoms with Gasteiger partial charge < -0.3 is 11.6 Å². The maximum absolute atomic E-state index is 5.43.